The standard InChI is InChI=1S/C12H11F15O2/c13-6(14)4-2-1-3-5-28-11(24,25)12(26,27)29-10(22,23)8(17,18)7(15,16)9(19,20)21/h6H,1-5H2. The van der Waals surface area contributed by atoms with Crippen LogP contribution >= 0.6 is 0 Å². The van der Waals surface area contributed by atoms with Gasteiger partial charge in [-0.05, 0) is 12.8 Å². The molecule has 0 N–H and O–H groups in total. The topological polar surface area (TPSA) is 18.5 Å². The normalized spacial score (nSPS) is 15.3. The average Bonchev–Trinajstić information content (AvgIpc) is 2.47. The molecule has 0 aromatic heterocycles. The lowest BCUT2D eigenvalue weighted by Crippen LogP contribution is -2.64. The molecule has 0 radical (unpaired) electrons. The summed E-state index contributed by atoms with van der Waals surface area (Å²) in [5.41, 5.74) is 0. The van der Waals surface area contributed by atoms with Crippen LogP contribution in [0.4, 0.5) is 65.9 Å². The van der Waals surface area contributed by atoms with E-state index in [0.717, 1.165) is 0 Å². The van der Waals surface area contributed by atoms with E-state index in [-0.39, 0.29) is 12.8 Å². The van der Waals surface area contributed by atoms with Crippen LogP contribution in [0.5, 0.6) is 0 Å². The molecule has 0 rings (SSSR count). The van der Waals surface area contributed by atoms with E-state index in [9.17, 15) is 65.9 Å². The summed E-state index contributed by atoms with van der Waals surface area (Å²) in [6, 6.07) is 0. The number of hydrogen-bond acceptors (Lipinski definition) is 2. The fraction of sp³-hybridized carbons (Fsp3) is 1.00. The van der Waals surface area contributed by atoms with Crippen LogP contribution in [0.25, 0.3) is 0 Å². The van der Waals surface area contributed by atoms with Crippen molar-refractivity contribution < 1.29 is 75.3 Å². The molecule has 0 aliphatic rings. The second-order valence-electron chi connectivity index (χ2n) is 5.39. The van der Waals surface area contributed by atoms with Crippen molar-refractivity contribution in [2.45, 2.75) is 68.5 Å². The van der Waals surface area contributed by atoms with E-state index in [1.165, 1.54) is 0 Å². The first-order chi connectivity index (χ1) is 12.6. The van der Waals surface area contributed by atoms with Crippen molar-refractivity contribution in [2.75, 3.05) is 6.61 Å². The van der Waals surface area contributed by atoms with Crippen LogP contribution in [0.2, 0.25) is 0 Å². The van der Waals surface area contributed by atoms with E-state index in [1.54, 1.807) is 4.74 Å². The van der Waals surface area contributed by atoms with Crippen molar-refractivity contribution in [3.8, 4) is 0 Å². The molecule has 0 bridgehead atoms. The van der Waals surface area contributed by atoms with Crippen molar-refractivity contribution in [2.24, 2.45) is 0 Å². The van der Waals surface area contributed by atoms with E-state index in [4.69, 9.17) is 0 Å². The third-order valence-electron chi connectivity index (χ3n) is 3.06. The number of halogens is 15. The monoisotopic (exact) mass is 472 g/mol. The average molecular weight is 472 g/mol. The van der Waals surface area contributed by atoms with Gasteiger partial charge in [0.2, 0.25) is 6.43 Å². The minimum Gasteiger partial charge on any atom is -0.313 e. The van der Waals surface area contributed by atoms with Gasteiger partial charge in [0, 0.05) is 6.42 Å². The van der Waals surface area contributed by atoms with Gasteiger partial charge in [-0.3, -0.25) is 0 Å². The van der Waals surface area contributed by atoms with Crippen LogP contribution in [0.3, 0.4) is 0 Å². The fourth-order valence-corrected chi connectivity index (χ4v) is 1.51. The lowest BCUT2D eigenvalue weighted by atomic mass is 10.1. The highest BCUT2D eigenvalue weighted by Gasteiger charge is 2.85. The van der Waals surface area contributed by atoms with E-state index >= 15 is 0 Å². The predicted octanol–water partition coefficient (Wildman–Crippen LogP) is 6.46. The minimum atomic E-state index is -7.72. The summed E-state index contributed by atoms with van der Waals surface area (Å²) in [6.07, 6.45) is -32.5. The Kier molecular flexibility index (Phi) is 8.58. The Labute approximate surface area is 151 Å². The highest BCUT2D eigenvalue weighted by molar-refractivity contribution is 4.97. The van der Waals surface area contributed by atoms with Gasteiger partial charge in [0.25, 0.3) is 0 Å². The maximum atomic E-state index is 13.1. The quantitative estimate of drug-likeness (QED) is 0.240. The molecule has 0 aromatic carbocycles. The summed E-state index contributed by atoms with van der Waals surface area (Å²) >= 11 is 0. The Balaban J connectivity index is 5.19. The summed E-state index contributed by atoms with van der Waals surface area (Å²) in [5.74, 6) is -15.4. The lowest BCUT2D eigenvalue weighted by Gasteiger charge is -2.35. The van der Waals surface area contributed by atoms with Crippen LogP contribution in [-0.4, -0.2) is 49.4 Å². The molecule has 0 fully saturated rings. The van der Waals surface area contributed by atoms with Crippen molar-refractivity contribution in [3.05, 3.63) is 0 Å². The molecule has 0 aromatic rings. The van der Waals surface area contributed by atoms with Gasteiger partial charge in [0.1, 0.15) is 0 Å². The molecule has 2 nitrogen and oxygen atoms in total. The number of alkyl halides is 15. The first-order valence-corrected chi connectivity index (χ1v) is 7.20. The second-order valence-corrected chi connectivity index (χ2v) is 5.39. The molecule has 17 heteroatoms. The Morgan fingerprint density at radius 3 is 1.45 bits per heavy atom. The maximum Gasteiger partial charge on any atom is 0.460 e. The van der Waals surface area contributed by atoms with Gasteiger partial charge in [-0.25, -0.2) is 13.5 Å². The SMILES string of the molecule is FC(F)CCCCCOC(F)(F)C(F)(F)OC(F)(F)C(F)(F)C(F)(F)C(F)(F)F. The highest BCUT2D eigenvalue weighted by atomic mass is 19.4. The maximum absolute atomic E-state index is 13.1. The summed E-state index contributed by atoms with van der Waals surface area (Å²) in [7, 11) is 0. The van der Waals surface area contributed by atoms with Crippen LogP contribution < -0.4 is 0 Å². The first kappa shape index (κ1) is 27.9. The Morgan fingerprint density at radius 1 is 0.552 bits per heavy atom. The predicted molar refractivity (Wildman–Crippen MR) is 62.3 cm³/mol. The Hall–Kier alpha value is -1.13. The smallest absolute Gasteiger partial charge is 0.313 e. The highest BCUT2D eigenvalue weighted by Crippen LogP contribution is 2.55. The zero-order valence-electron chi connectivity index (χ0n) is 13.6. The Bertz CT molecular complexity index is 514. The number of hydrogen-bond donors (Lipinski definition) is 0. The van der Waals surface area contributed by atoms with Gasteiger partial charge in [0.15, 0.2) is 0 Å². The van der Waals surface area contributed by atoms with Gasteiger partial charge in [-0.1, -0.05) is 6.42 Å². The van der Waals surface area contributed by atoms with Crippen molar-refractivity contribution in [1.29, 1.82) is 0 Å². The zero-order valence-corrected chi connectivity index (χ0v) is 13.6. The van der Waals surface area contributed by atoms with Crippen molar-refractivity contribution in [3.63, 3.8) is 0 Å². The summed E-state index contributed by atoms with van der Waals surface area (Å²) in [6.45, 7) is -1.43. The second kappa shape index (κ2) is 8.93. The van der Waals surface area contributed by atoms with E-state index in [0.29, 0.717) is 0 Å². The van der Waals surface area contributed by atoms with Gasteiger partial charge < -0.3 is 4.74 Å². The molecule has 0 aliphatic carbocycles. The molecular weight excluding hydrogens is 461 g/mol. The Morgan fingerprint density at radius 2 is 1.03 bits per heavy atom. The van der Waals surface area contributed by atoms with Crippen LogP contribution in [0.15, 0.2) is 0 Å². The van der Waals surface area contributed by atoms with Gasteiger partial charge in [-0.2, -0.15) is 57.1 Å². The van der Waals surface area contributed by atoms with E-state index < -0.39 is 62.2 Å². The summed E-state index contributed by atoms with van der Waals surface area (Å²) in [5, 5.41) is 0. The van der Waals surface area contributed by atoms with Crippen LogP contribution in [-0.2, 0) is 9.47 Å². The molecule has 0 spiro atoms. The van der Waals surface area contributed by atoms with Crippen LogP contribution in [0, 0.1) is 0 Å². The lowest BCUT2D eigenvalue weighted by molar-refractivity contribution is -0.525. The molecule has 0 amide bonds. The molecule has 0 heterocycles. The molecule has 0 saturated carbocycles. The van der Waals surface area contributed by atoms with Crippen molar-refractivity contribution in [1.82, 2.24) is 0 Å². The molecule has 29 heavy (non-hydrogen) atoms. The molecule has 0 aliphatic heterocycles. The minimum absolute atomic E-state index is 0.295. The zero-order chi connectivity index (χ0) is 23.5. The third kappa shape index (κ3) is 6.42. The first-order valence-electron chi connectivity index (χ1n) is 7.20. The largest absolute Gasteiger partial charge is 0.460 e. The number of rotatable bonds is 12. The molecular formula is C12H11F15O2. The molecule has 0 atom stereocenters. The summed E-state index contributed by atoms with van der Waals surface area (Å²) < 4.78 is 193. The molecule has 0 saturated heterocycles. The number of ether oxygens (including phenoxy) is 2. The van der Waals surface area contributed by atoms with Gasteiger partial charge >= 0.3 is 36.3 Å². The fourth-order valence-electron chi connectivity index (χ4n) is 1.51. The van der Waals surface area contributed by atoms with Crippen molar-refractivity contribution >= 4 is 0 Å². The third-order valence-corrected chi connectivity index (χ3v) is 3.06. The van der Waals surface area contributed by atoms with E-state index in [1.807, 2.05) is 0 Å². The van der Waals surface area contributed by atoms with Gasteiger partial charge in [0.05, 0.1) is 6.61 Å². The van der Waals surface area contributed by atoms with Gasteiger partial charge in [-0.15, -0.1) is 0 Å². The summed E-state index contributed by atoms with van der Waals surface area (Å²) in [4.78, 5) is 0. The number of unbranched alkanes of at least 4 members (excludes halogenated alkanes) is 2. The van der Waals surface area contributed by atoms with E-state index in [2.05, 4.69) is 4.74 Å². The molecule has 0 unspecified atom stereocenters. The molecule has 176 valence electrons. The van der Waals surface area contributed by atoms with Crippen LogP contribution in [0.1, 0.15) is 25.7 Å².